The number of furan rings is 1. The van der Waals surface area contributed by atoms with Gasteiger partial charge in [0.15, 0.2) is 11.5 Å². The normalized spacial score (nSPS) is 16.6. The van der Waals surface area contributed by atoms with Gasteiger partial charge in [0.25, 0.3) is 5.91 Å². The molecule has 140 valence electrons. The lowest BCUT2D eigenvalue weighted by molar-refractivity contribution is 0.0922. The number of amides is 1. The van der Waals surface area contributed by atoms with E-state index in [-0.39, 0.29) is 23.5 Å². The number of oxazole rings is 1. The molecule has 0 aromatic carbocycles. The predicted octanol–water partition coefficient (Wildman–Crippen LogP) is 3.17. The zero-order chi connectivity index (χ0) is 19.0. The fourth-order valence-electron chi connectivity index (χ4n) is 3.18. The molecular formula is C19H20N4O4. The maximum Gasteiger partial charge on any atom is 0.302 e. The van der Waals surface area contributed by atoms with Crippen LogP contribution in [0.4, 0.5) is 6.01 Å². The van der Waals surface area contributed by atoms with Crippen LogP contribution in [0.1, 0.15) is 52.8 Å². The first kappa shape index (κ1) is 17.3. The second-order valence-electron chi connectivity index (χ2n) is 7.05. The third-order valence-electron chi connectivity index (χ3n) is 4.78. The predicted molar refractivity (Wildman–Crippen MR) is 95.5 cm³/mol. The molecule has 0 radical (unpaired) electrons. The number of fused-ring (bicyclic) bond motifs is 1. The molecule has 1 atom stereocenters. The quantitative estimate of drug-likeness (QED) is 0.742. The molecule has 1 N–H and O–H groups in total. The standard InChI is InChI=1S/C19H20N4O4/c1-11(2)12-8-14(24)17-16(9-12)27-19(21-17)22-18(25)15-5-4-13(26-15)10-23-7-3-6-20-23/h3-7,11-12H,8-10H2,1-2H3,(H,21,22,25). The number of anilines is 1. The van der Waals surface area contributed by atoms with Crippen molar-refractivity contribution >= 4 is 17.7 Å². The molecule has 1 aliphatic carbocycles. The van der Waals surface area contributed by atoms with Crippen molar-refractivity contribution in [2.24, 2.45) is 11.8 Å². The summed E-state index contributed by atoms with van der Waals surface area (Å²) in [5.74, 6) is 1.37. The molecular weight excluding hydrogens is 348 g/mol. The average Bonchev–Trinajstić information content (AvgIpc) is 3.35. The second kappa shape index (κ2) is 6.86. The Bertz CT molecular complexity index is 968. The summed E-state index contributed by atoms with van der Waals surface area (Å²) >= 11 is 0. The van der Waals surface area contributed by atoms with E-state index < -0.39 is 5.91 Å². The first-order valence-corrected chi connectivity index (χ1v) is 8.90. The molecule has 0 fully saturated rings. The summed E-state index contributed by atoms with van der Waals surface area (Å²) in [5.41, 5.74) is 0.320. The maximum absolute atomic E-state index is 12.4. The van der Waals surface area contributed by atoms with Crippen molar-refractivity contribution in [2.45, 2.75) is 33.2 Å². The maximum atomic E-state index is 12.4. The third kappa shape index (κ3) is 3.55. The Labute approximate surface area is 155 Å². The van der Waals surface area contributed by atoms with Crippen LogP contribution in [0.5, 0.6) is 0 Å². The van der Waals surface area contributed by atoms with Gasteiger partial charge in [0.2, 0.25) is 0 Å². The van der Waals surface area contributed by atoms with Crippen molar-refractivity contribution < 1.29 is 18.4 Å². The highest BCUT2D eigenvalue weighted by molar-refractivity contribution is 6.02. The molecule has 0 saturated heterocycles. The first-order chi connectivity index (χ1) is 13.0. The van der Waals surface area contributed by atoms with E-state index in [9.17, 15) is 9.59 Å². The number of nitrogens with zero attached hydrogens (tertiary/aromatic N) is 3. The monoisotopic (exact) mass is 368 g/mol. The van der Waals surface area contributed by atoms with Gasteiger partial charge in [-0.15, -0.1) is 0 Å². The summed E-state index contributed by atoms with van der Waals surface area (Å²) in [5, 5.41) is 6.66. The van der Waals surface area contributed by atoms with Crippen molar-refractivity contribution in [3.8, 4) is 0 Å². The van der Waals surface area contributed by atoms with Gasteiger partial charge in [-0.05, 0) is 30.0 Å². The molecule has 8 heteroatoms. The molecule has 4 rings (SSSR count). The van der Waals surface area contributed by atoms with Crippen molar-refractivity contribution in [2.75, 3.05) is 5.32 Å². The number of hydrogen-bond donors (Lipinski definition) is 1. The van der Waals surface area contributed by atoms with Gasteiger partial charge in [-0.3, -0.25) is 19.6 Å². The number of carbonyl (C=O) groups is 2. The number of Topliss-reactive ketones (excluding diaryl/α,β-unsaturated/α-hetero) is 1. The molecule has 1 amide bonds. The lowest BCUT2D eigenvalue weighted by atomic mass is 9.82. The Kier molecular flexibility index (Phi) is 4.39. The highest BCUT2D eigenvalue weighted by atomic mass is 16.4. The molecule has 0 bridgehead atoms. The smallest absolute Gasteiger partial charge is 0.302 e. The van der Waals surface area contributed by atoms with Crippen LogP contribution in [0.25, 0.3) is 0 Å². The van der Waals surface area contributed by atoms with Crippen molar-refractivity contribution in [1.82, 2.24) is 14.8 Å². The van der Waals surface area contributed by atoms with Gasteiger partial charge in [0, 0.05) is 25.2 Å². The zero-order valence-corrected chi connectivity index (χ0v) is 15.1. The Balaban J connectivity index is 1.46. The Hall–Kier alpha value is -3.16. The highest BCUT2D eigenvalue weighted by Crippen LogP contribution is 2.31. The molecule has 3 aromatic rings. The van der Waals surface area contributed by atoms with Crippen LogP contribution in [0.2, 0.25) is 0 Å². The van der Waals surface area contributed by atoms with Crippen molar-refractivity contribution in [3.05, 3.63) is 53.6 Å². The fourth-order valence-corrected chi connectivity index (χ4v) is 3.18. The minimum absolute atomic E-state index is 0.0211. The van der Waals surface area contributed by atoms with Gasteiger partial charge in [0.05, 0.1) is 6.54 Å². The summed E-state index contributed by atoms with van der Waals surface area (Å²) in [7, 11) is 0. The number of hydrogen-bond acceptors (Lipinski definition) is 6. The van der Waals surface area contributed by atoms with Crippen LogP contribution in [0.15, 0.2) is 39.4 Å². The number of rotatable bonds is 5. The molecule has 1 aliphatic rings. The van der Waals surface area contributed by atoms with Crippen molar-refractivity contribution in [1.29, 1.82) is 0 Å². The lowest BCUT2D eigenvalue weighted by Crippen LogP contribution is -2.23. The summed E-state index contributed by atoms with van der Waals surface area (Å²) in [6.45, 7) is 4.60. The largest absolute Gasteiger partial charge is 0.454 e. The summed E-state index contributed by atoms with van der Waals surface area (Å²) in [6.07, 6.45) is 4.59. The SMILES string of the molecule is CC(C)C1CC(=O)c2nc(NC(=O)c3ccc(Cn4cccn4)o3)oc2C1. The van der Waals surface area contributed by atoms with E-state index in [1.54, 1.807) is 29.2 Å². The molecule has 3 aromatic heterocycles. The Morgan fingerprint density at radius 2 is 2.19 bits per heavy atom. The van der Waals surface area contributed by atoms with E-state index in [0.717, 1.165) is 0 Å². The zero-order valence-electron chi connectivity index (χ0n) is 15.1. The third-order valence-corrected chi connectivity index (χ3v) is 4.78. The van der Waals surface area contributed by atoms with E-state index in [4.69, 9.17) is 8.83 Å². The van der Waals surface area contributed by atoms with Crippen LogP contribution in [-0.2, 0) is 13.0 Å². The second-order valence-corrected chi connectivity index (χ2v) is 7.05. The molecule has 0 spiro atoms. The van der Waals surface area contributed by atoms with E-state index in [1.165, 1.54) is 0 Å². The van der Waals surface area contributed by atoms with Gasteiger partial charge in [-0.25, -0.2) is 0 Å². The Morgan fingerprint density at radius 3 is 2.93 bits per heavy atom. The van der Waals surface area contributed by atoms with Crippen LogP contribution in [-0.4, -0.2) is 26.5 Å². The van der Waals surface area contributed by atoms with Gasteiger partial charge in [0.1, 0.15) is 17.2 Å². The van der Waals surface area contributed by atoms with Gasteiger partial charge < -0.3 is 8.83 Å². The van der Waals surface area contributed by atoms with E-state index in [0.29, 0.717) is 42.5 Å². The molecule has 8 nitrogen and oxygen atoms in total. The molecule has 1 unspecified atom stereocenters. The van der Waals surface area contributed by atoms with Gasteiger partial charge in [-0.1, -0.05) is 13.8 Å². The number of carbonyl (C=O) groups excluding carboxylic acids is 2. The summed E-state index contributed by atoms with van der Waals surface area (Å²) in [6, 6.07) is 5.13. The van der Waals surface area contributed by atoms with E-state index in [2.05, 4.69) is 29.2 Å². The van der Waals surface area contributed by atoms with Crippen LogP contribution in [0.3, 0.4) is 0 Å². The minimum atomic E-state index is -0.479. The van der Waals surface area contributed by atoms with Crippen LogP contribution >= 0.6 is 0 Å². The molecule has 0 saturated carbocycles. The molecule has 0 aliphatic heterocycles. The number of nitrogens with one attached hydrogen (secondary N) is 1. The lowest BCUT2D eigenvalue weighted by Gasteiger charge is -2.22. The van der Waals surface area contributed by atoms with Crippen LogP contribution < -0.4 is 5.32 Å². The molecule has 27 heavy (non-hydrogen) atoms. The van der Waals surface area contributed by atoms with Crippen molar-refractivity contribution in [3.63, 3.8) is 0 Å². The minimum Gasteiger partial charge on any atom is -0.454 e. The highest BCUT2D eigenvalue weighted by Gasteiger charge is 2.32. The average molecular weight is 368 g/mol. The Morgan fingerprint density at radius 1 is 1.33 bits per heavy atom. The van der Waals surface area contributed by atoms with Crippen LogP contribution in [0, 0.1) is 11.8 Å². The van der Waals surface area contributed by atoms with E-state index >= 15 is 0 Å². The number of ketones is 1. The van der Waals surface area contributed by atoms with Gasteiger partial charge in [-0.2, -0.15) is 10.1 Å². The van der Waals surface area contributed by atoms with Gasteiger partial charge >= 0.3 is 6.01 Å². The molecule has 3 heterocycles. The summed E-state index contributed by atoms with van der Waals surface area (Å²) in [4.78, 5) is 28.8. The number of aromatic nitrogens is 3. The first-order valence-electron chi connectivity index (χ1n) is 8.90. The fraction of sp³-hybridized carbons (Fsp3) is 0.368. The topological polar surface area (TPSA) is 103 Å². The van der Waals surface area contributed by atoms with E-state index in [1.807, 2.05) is 6.07 Å². The summed E-state index contributed by atoms with van der Waals surface area (Å²) < 4.78 is 12.9.